The largest absolute Gasteiger partial charge is 0.497 e. The van der Waals surface area contributed by atoms with Gasteiger partial charge in [-0.1, -0.05) is 35.3 Å². The van der Waals surface area contributed by atoms with Gasteiger partial charge in [0, 0.05) is 24.1 Å². The Balaban J connectivity index is 1.52. The predicted octanol–water partition coefficient (Wildman–Crippen LogP) is 7.05. The number of rotatable bonds is 8. The number of carbonyl (C=O) groups is 1. The maximum absolute atomic E-state index is 15.6. The first-order chi connectivity index (χ1) is 17.5. The molecule has 2 N–H and O–H groups in total. The van der Waals surface area contributed by atoms with Crippen LogP contribution in [0.1, 0.15) is 68.4 Å². The number of hydrogen-bond donors (Lipinski definition) is 1. The van der Waals surface area contributed by atoms with E-state index >= 15 is 8.78 Å². The minimum atomic E-state index is -1.28. The number of hydrogen-bond acceptors (Lipinski definition) is 3. The van der Waals surface area contributed by atoms with Gasteiger partial charge < -0.3 is 10.5 Å². The van der Waals surface area contributed by atoms with E-state index in [1.54, 1.807) is 7.11 Å². The molecule has 4 nitrogen and oxygen atoms in total. The second kappa shape index (κ2) is 9.69. The van der Waals surface area contributed by atoms with Crippen molar-refractivity contribution in [3.05, 3.63) is 63.4 Å². The molecule has 0 saturated heterocycles. The lowest BCUT2D eigenvalue weighted by Gasteiger charge is -2.47. The monoisotopic (exact) mass is 550 g/mol. The van der Waals surface area contributed by atoms with E-state index in [4.69, 9.17) is 33.7 Å². The average molecular weight is 552 g/mol. The van der Waals surface area contributed by atoms with E-state index in [9.17, 15) is 4.79 Å². The molecule has 1 amide bonds. The van der Waals surface area contributed by atoms with Crippen LogP contribution >= 0.6 is 23.2 Å². The van der Waals surface area contributed by atoms with Gasteiger partial charge in [-0.05, 0) is 93.7 Å². The topological polar surface area (TPSA) is 55.6 Å². The first kappa shape index (κ1) is 26.7. The lowest BCUT2D eigenvalue weighted by atomic mass is 9.56. The van der Waals surface area contributed by atoms with Crippen LogP contribution in [-0.2, 0) is 11.3 Å². The molecule has 2 aromatic rings. The Kier molecular flexibility index (Phi) is 7.00. The third-order valence-electron chi connectivity index (χ3n) is 9.57. The molecule has 3 aliphatic carbocycles. The summed E-state index contributed by atoms with van der Waals surface area (Å²) in [7, 11) is 3.67. The number of carbonyl (C=O) groups excluding carboxylic acids is 1. The molecule has 2 aromatic carbocycles. The zero-order chi connectivity index (χ0) is 26.6. The van der Waals surface area contributed by atoms with Crippen LogP contribution in [0, 0.1) is 16.6 Å². The van der Waals surface area contributed by atoms with Crippen LogP contribution in [0.25, 0.3) is 0 Å². The first-order valence-electron chi connectivity index (χ1n) is 13.0. The maximum Gasteiger partial charge on any atom is 0.224 e. The number of methoxy groups -OCH3 is 1. The van der Waals surface area contributed by atoms with Gasteiger partial charge in [-0.3, -0.25) is 9.69 Å². The van der Waals surface area contributed by atoms with Crippen molar-refractivity contribution in [2.75, 3.05) is 14.2 Å². The second-order valence-corrected chi connectivity index (χ2v) is 12.3. The Morgan fingerprint density at radius 2 is 1.81 bits per heavy atom. The zero-order valence-corrected chi connectivity index (χ0v) is 22.8. The Morgan fingerprint density at radius 1 is 1.14 bits per heavy atom. The molecule has 0 aliphatic heterocycles. The lowest BCUT2D eigenvalue weighted by Crippen LogP contribution is -2.48. The summed E-state index contributed by atoms with van der Waals surface area (Å²) >= 11 is 13.1. The van der Waals surface area contributed by atoms with E-state index in [1.165, 1.54) is 12.1 Å². The average Bonchev–Trinajstić information content (AvgIpc) is 3.57. The maximum atomic E-state index is 15.6. The molecule has 0 heterocycles. The fraction of sp³-hybridized carbons (Fsp3) is 0.552. The molecule has 2 unspecified atom stereocenters. The van der Waals surface area contributed by atoms with E-state index in [0.29, 0.717) is 51.5 Å². The Hall–Kier alpha value is -1.89. The van der Waals surface area contributed by atoms with E-state index in [0.717, 1.165) is 17.7 Å². The lowest BCUT2D eigenvalue weighted by molar-refractivity contribution is -0.131. The van der Waals surface area contributed by atoms with Crippen LogP contribution in [-0.4, -0.2) is 36.7 Å². The molecule has 2 bridgehead atoms. The van der Waals surface area contributed by atoms with Crippen LogP contribution in [0.5, 0.6) is 5.75 Å². The SMILES string of the molecule is COc1ccc(CN(C)C2CCC(C(N)=O)([C@@H](c3c(F)ccc(Cl)c3Cl)C34CCC(F)(CC3)C4)C2)cc1. The number of halogens is 4. The highest BCUT2D eigenvalue weighted by Crippen LogP contribution is 2.70. The van der Waals surface area contributed by atoms with Crippen molar-refractivity contribution in [1.29, 1.82) is 0 Å². The molecule has 3 aliphatic rings. The molecule has 5 rings (SSSR count). The highest BCUT2D eigenvalue weighted by molar-refractivity contribution is 6.42. The molecule has 8 heteroatoms. The van der Waals surface area contributed by atoms with Crippen LogP contribution in [0.3, 0.4) is 0 Å². The fourth-order valence-corrected chi connectivity index (χ4v) is 8.18. The molecule has 3 atom stereocenters. The van der Waals surface area contributed by atoms with E-state index in [2.05, 4.69) is 4.90 Å². The summed E-state index contributed by atoms with van der Waals surface area (Å²) in [5.41, 5.74) is 4.66. The van der Waals surface area contributed by atoms with Gasteiger partial charge in [-0.15, -0.1) is 0 Å². The molecule has 37 heavy (non-hydrogen) atoms. The van der Waals surface area contributed by atoms with Gasteiger partial charge in [0.1, 0.15) is 17.2 Å². The molecule has 3 saturated carbocycles. The van der Waals surface area contributed by atoms with Gasteiger partial charge in [-0.25, -0.2) is 8.78 Å². The number of benzene rings is 2. The smallest absolute Gasteiger partial charge is 0.224 e. The number of nitrogens with zero attached hydrogens (tertiary/aromatic N) is 1. The quantitative estimate of drug-likeness (QED) is 0.358. The highest BCUT2D eigenvalue weighted by Gasteiger charge is 2.65. The van der Waals surface area contributed by atoms with E-state index < -0.39 is 34.1 Å². The standard InChI is InChI=1S/C29H34Cl2F2N2O2/c1-35(16-18-3-5-20(37-2)6-4-18)19-9-10-29(15-19,26(34)36)25(23-22(32)8-7-21(30)24(23)31)27-11-13-28(33,17-27)14-12-27/h3-8,19,25H,9-17H2,1-2H3,(H2,34,36)/t19?,25-,27?,28?,29?/m0/s1. The predicted molar refractivity (Wildman–Crippen MR) is 142 cm³/mol. The minimum Gasteiger partial charge on any atom is -0.497 e. The van der Waals surface area contributed by atoms with E-state index in [1.807, 2.05) is 31.3 Å². The number of amides is 1. The van der Waals surface area contributed by atoms with Crippen molar-refractivity contribution in [3.63, 3.8) is 0 Å². The highest BCUT2D eigenvalue weighted by atomic mass is 35.5. The third kappa shape index (κ3) is 4.53. The molecule has 200 valence electrons. The Bertz CT molecular complexity index is 1180. The fourth-order valence-electron chi connectivity index (χ4n) is 7.75. The Labute approximate surface area is 227 Å². The summed E-state index contributed by atoms with van der Waals surface area (Å²) in [6.45, 7) is 0.680. The van der Waals surface area contributed by atoms with Crippen molar-refractivity contribution in [2.45, 2.75) is 75.5 Å². The van der Waals surface area contributed by atoms with Crippen molar-refractivity contribution < 1.29 is 18.3 Å². The summed E-state index contributed by atoms with van der Waals surface area (Å²) in [6.07, 6.45) is 3.97. The zero-order valence-electron chi connectivity index (χ0n) is 21.3. The van der Waals surface area contributed by atoms with Crippen molar-refractivity contribution in [2.24, 2.45) is 16.6 Å². The summed E-state index contributed by atoms with van der Waals surface area (Å²) in [5.74, 6) is -0.818. The molecule has 0 radical (unpaired) electrons. The molecule has 0 aromatic heterocycles. The summed E-state index contributed by atoms with van der Waals surface area (Å²) < 4.78 is 36.4. The Morgan fingerprint density at radius 3 is 2.38 bits per heavy atom. The summed E-state index contributed by atoms with van der Waals surface area (Å²) in [5, 5.41) is 0.340. The van der Waals surface area contributed by atoms with E-state index in [-0.39, 0.29) is 21.7 Å². The van der Waals surface area contributed by atoms with Crippen LogP contribution in [0.4, 0.5) is 8.78 Å². The van der Waals surface area contributed by atoms with Crippen LogP contribution < -0.4 is 10.5 Å². The van der Waals surface area contributed by atoms with Crippen molar-refractivity contribution >= 4 is 29.1 Å². The molecule has 0 spiro atoms. The number of primary amides is 1. The van der Waals surface area contributed by atoms with Gasteiger partial charge in [0.25, 0.3) is 0 Å². The van der Waals surface area contributed by atoms with Crippen molar-refractivity contribution in [1.82, 2.24) is 4.90 Å². The molecular weight excluding hydrogens is 517 g/mol. The number of alkyl halides is 1. The van der Waals surface area contributed by atoms with Gasteiger partial charge in [0.05, 0.1) is 22.6 Å². The van der Waals surface area contributed by atoms with Gasteiger partial charge >= 0.3 is 0 Å². The van der Waals surface area contributed by atoms with Crippen LogP contribution in [0.15, 0.2) is 36.4 Å². The van der Waals surface area contributed by atoms with Gasteiger partial charge in [-0.2, -0.15) is 0 Å². The molecule has 3 fully saturated rings. The van der Waals surface area contributed by atoms with Gasteiger partial charge in [0.2, 0.25) is 5.91 Å². The van der Waals surface area contributed by atoms with Crippen molar-refractivity contribution in [3.8, 4) is 5.75 Å². The normalized spacial score (nSPS) is 31.7. The molecular formula is C29H34Cl2F2N2O2. The minimum absolute atomic E-state index is 0.0486. The third-order valence-corrected chi connectivity index (χ3v) is 10.4. The number of ether oxygens (including phenoxy) is 1. The number of fused-ring (bicyclic) bond motifs is 2. The van der Waals surface area contributed by atoms with Gasteiger partial charge in [0.15, 0.2) is 0 Å². The van der Waals surface area contributed by atoms with Crippen LogP contribution in [0.2, 0.25) is 10.0 Å². The summed E-state index contributed by atoms with van der Waals surface area (Å²) in [4.78, 5) is 15.7. The summed E-state index contributed by atoms with van der Waals surface area (Å²) in [6, 6.07) is 10.7. The number of nitrogens with two attached hydrogens (primary N) is 1. The second-order valence-electron chi connectivity index (χ2n) is 11.6. The first-order valence-corrected chi connectivity index (χ1v) is 13.7.